The van der Waals surface area contributed by atoms with Gasteiger partial charge in [0.25, 0.3) is 0 Å². The molecule has 2 atom stereocenters. The molecule has 0 aromatic carbocycles. The Morgan fingerprint density at radius 1 is 1.80 bits per heavy atom. The van der Waals surface area contributed by atoms with Crippen LogP contribution in [0, 0.1) is 0 Å². The first-order chi connectivity index (χ1) is 4.79. The smallest absolute Gasteiger partial charge is 0.248 e. The molecule has 0 aromatic heterocycles. The van der Waals surface area contributed by atoms with Crippen molar-refractivity contribution in [3.63, 3.8) is 0 Å². The summed E-state index contributed by atoms with van der Waals surface area (Å²) in [4.78, 5) is 12.8. The summed E-state index contributed by atoms with van der Waals surface area (Å²) >= 11 is 0. The third-order valence-corrected chi connectivity index (χ3v) is 1.97. The Morgan fingerprint density at radius 2 is 2.60 bits per heavy atom. The second-order valence-corrected chi connectivity index (χ2v) is 2.60. The van der Waals surface area contributed by atoms with Gasteiger partial charge < -0.3 is 9.64 Å². The van der Waals surface area contributed by atoms with Crippen molar-refractivity contribution < 1.29 is 9.53 Å². The molecular formula is C7H9NO2. The summed E-state index contributed by atoms with van der Waals surface area (Å²) in [5, 5.41) is 0. The zero-order chi connectivity index (χ0) is 7.14. The summed E-state index contributed by atoms with van der Waals surface area (Å²) in [7, 11) is 0. The summed E-state index contributed by atoms with van der Waals surface area (Å²) in [6.45, 7) is 2.55. The number of amides is 1. The lowest BCUT2D eigenvalue weighted by Crippen LogP contribution is -2.34. The van der Waals surface area contributed by atoms with Gasteiger partial charge in [-0.3, -0.25) is 4.79 Å². The number of hydrogen-bond acceptors (Lipinski definition) is 2. The zero-order valence-corrected chi connectivity index (χ0v) is 5.78. The van der Waals surface area contributed by atoms with Crippen molar-refractivity contribution in [2.24, 2.45) is 0 Å². The second-order valence-electron chi connectivity index (χ2n) is 2.60. The molecule has 1 amide bonds. The van der Waals surface area contributed by atoms with E-state index in [1.54, 1.807) is 11.0 Å². The number of rotatable bonds is 0. The lowest BCUT2D eigenvalue weighted by atomic mass is 10.3. The highest BCUT2D eigenvalue weighted by molar-refractivity contribution is 5.91. The molecule has 0 aliphatic carbocycles. The van der Waals surface area contributed by atoms with Gasteiger partial charge in [0.05, 0.1) is 12.6 Å². The first-order valence-electron chi connectivity index (χ1n) is 3.41. The van der Waals surface area contributed by atoms with Crippen LogP contribution in [0.2, 0.25) is 0 Å². The Hall–Kier alpha value is -0.830. The predicted molar refractivity (Wildman–Crippen MR) is 35.2 cm³/mol. The van der Waals surface area contributed by atoms with Crippen molar-refractivity contribution in [3.8, 4) is 0 Å². The molecule has 2 rings (SSSR count). The second kappa shape index (κ2) is 1.83. The van der Waals surface area contributed by atoms with E-state index in [-0.39, 0.29) is 18.2 Å². The number of ether oxygens (including phenoxy) is 1. The van der Waals surface area contributed by atoms with E-state index in [4.69, 9.17) is 4.74 Å². The molecule has 0 aromatic rings. The molecule has 0 bridgehead atoms. The highest BCUT2D eigenvalue weighted by atomic mass is 16.5. The monoisotopic (exact) mass is 139 g/mol. The van der Waals surface area contributed by atoms with Crippen LogP contribution in [0.15, 0.2) is 12.2 Å². The van der Waals surface area contributed by atoms with Crippen molar-refractivity contribution in [1.82, 2.24) is 4.90 Å². The number of nitrogens with zero attached hydrogens (tertiary/aromatic N) is 1. The molecule has 0 N–H and O–H groups in total. The summed E-state index contributed by atoms with van der Waals surface area (Å²) < 4.78 is 5.24. The van der Waals surface area contributed by atoms with Gasteiger partial charge in [-0.15, -0.1) is 0 Å². The van der Waals surface area contributed by atoms with Crippen LogP contribution in [-0.2, 0) is 9.53 Å². The Balaban J connectivity index is 2.25. The van der Waals surface area contributed by atoms with Crippen molar-refractivity contribution in [3.05, 3.63) is 12.2 Å². The fourth-order valence-electron chi connectivity index (χ4n) is 1.44. The summed E-state index contributed by atoms with van der Waals surface area (Å²) in [6, 6.07) is 0.211. The van der Waals surface area contributed by atoms with E-state index in [0.29, 0.717) is 6.61 Å². The minimum Gasteiger partial charge on any atom is -0.356 e. The summed E-state index contributed by atoms with van der Waals surface area (Å²) in [5.74, 6) is 0.0787. The number of fused-ring (bicyclic) bond motifs is 1. The van der Waals surface area contributed by atoms with Gasteiger partial charge in [-0.05, 0) is 6.92 Å². The van der Waals surface area contributed by atoms with Gasteiger partial charge in [0.15, 0.2) is 0 Å². The molecule has 10 heavy (non-hydrogen) atoms. The molecule has 3 heteroatoms. The fourth-order valence-corrected chi connectivity index (χ4v) is 1.44. The molecule has 1 fully saturated rings. The lowest BCUT2D eigenvalue weighted by Gasteiger charge is -2.17. The average Bonchev–Trinajstić information content (AvgIpc) is 2.40. The number of carbonyl (C=O) groups excluding carboxylic acids is 1. The maximum Gasteiger partial charge on any atom is 0.248 e. The maximum atomic E-state index is 11.0. The number of carbonyl (C=O) groups is 1. The standard InChI is InChI=1S/C7H9NO2/c1-5-8-6(4-10-5)2-3-7(8)9/h2-3,5-6H,4H2,1H3/t5-,6?/m1/s1. The van der Waals surface area contributed by atoms with Gasteiger partial charge >= 0.3 is 0 Å². The minimum absolute atomic E-state index is 0.0347. The van der Waals surface area contributed by atoms with Gasteiger partial charge in [-0.25, -0.2) is 0 Å². The molecule has 2 heterocycles. The zero-order valence-electron chi connectivity index (χ0n) is 5.78. The van der Waals surface area contributed by atoms with E-state index in [1.807, 2.05) is 13.0 Å². The molecule has 1 unspecified atom stereocenters. The molecular weight excluding hydrogens is 130 g/mol. The summed E-state index contributed by atoms with van der Waals surface area (Å²) in [5.41, 5.74) is 0. The molecule has 0 saturated carbocycles. The van der Waals surface area contributed by atoms with E-state index in [0.717, 1.165) is 0 Å². The van der Waals surface area contributed by atoms with E-state index < -0.39 is 0 Å². The highest BCUT2D eigenvalue weighted by Gasteiger charge is 2.36. The van der Waals surface area contributed by atoms with E-state index in [9.17, 15) is 4.79 Å². The predicted octanol–water partition coefficient (Wildman–Crippen LogP) is 0.130. The first kappa shape index (κ1) is 5.92. The molecule has 2 aliphatic rings. The van der Waals surface area contributed by atoms with Crippen LogP contribution in [-0.4, -0.2) is 29.7 Å². The fraction of sp³-hybridized carbons (Fsp3) is 0.571. The lowest BCUT2D eigenvalue weighted by molar-refractivity contribution is -0.129. The van der Waals surface area contributed by atoms with Crippen molar-refractivity contribution in [2.45, 2.75) is 19.2 Å². The molecule has 0 spiro atoms. The first-order valence-corrected chi connectivity index (χ1v) is 3.41. The van der Waals surface area contributed by atoms with Crippen LogP contribution >= 0.6 is 0 Å². The van der Waals surface area contributed by atoms with E-state index in [1.165, 1.54) is 0 Å². The van der Waals surface area contributed by atoms with Crippen LogP contribution in [0.25, 0.3) is 0 Å². The third-order valence-electron chi connectivity index (χ3n) is 1.97. The topological polar surface area (TPSA) is 29.5 Å². The van der Waals surface area contributed by atoms with Gasteiger partial charge in [0, 0.05) is 6.08 Å². The molecule has 54 valence electrons. The molecule has 3 nitrogen and oxygen atoms in total. The van der Waals surface area contributed by atoms with Crippen molar-refractivity contribution in [2.75, 3.05) is 6.61 Å². The van der Waals surface area contributed by atoms with Gasteiger partial charge in [-0.1, -0.05) is 6.08 Å². The Morgan fingerprint density at radius 3 is 3.30 bits per heavy atom. The molecule has 1 saturated heterocycles. The Kier molecular flexibility index (Phi) is 1.08. The van der Waals surface area contributed by atoms with E-state index in [2.05, 4.69) is 0 Å². The van der Waals surface area contributed by atoms with Gasteiger partial charge in [-0.2, -0.15) is 0 Å². The number of hydrogen-bond donors (Lipinski definition) is 0. The van der Waals surface area contributed by atoms with Crippen LogP contribution < -0.4 is 0 Å². The van der Waals surface area contributed by atoms with E-state index >= 15 is 0 Å². The van der Waals surface area contributed by atoms with Gasteiger partial charge in [0.2, 0.25) is 5.91 Å². The van der Waals surface area contributed by atoms with Crippen molar-refractivity contribution >= 4 is 5.91 Å². The maximum absolute atomic E-state index is 11.0. The van der Waals surface area contributed by atoms with Gasteiger partial charge in [0.1, 0.15) is 6.23 Å². The normalized spacial score (nSPS) is 37.3. The van der Waals surface area contributed by atoms with Crippen LogP contribution in [0.3, 0.4) is 0 Å². The quantitative estimate of drug-likeness (QED) is 0.477. The minimum atomic E-state index is -0.0347. The third kappa shape index (κ3) is 0.609. The van der Waals surface area contributed by atoms with Crippen LogP contribution in [0.4, 0.5) is 0 Å². The largest absolute Gasteiger partial charge is 0.356 e. The van der Waals surface area contributed by atoms with Crippen LogP contribution in [0.1, 0.15) is 6.92 Å². The molecule has 0 radical (unpaired) electrons. The molecule has 2 aliphatic heterocycles. The van der Waals surface area contributed by atoms with Crippen LogP contribution in [0.5, 0.6) is 0 Å². The van der Waals surface area contributed by atoms with Crippen molar-refractivity contribution in [1.29, 1.82) is 0 Å². The SMILES string of the molecule is C[C@H]1OCC2C=CC(=O)N21. The Bertz CT molecular complexity index is 200. The Labute approximate surface area is 59.3 Å². The summed E-state index contributed by atoms with van der Waals surface area (Å²) in [6.07, 6.45) is 3.47. The average molecular weight is 139 g/mol. The highest BCUT2D eigenvalue weighted by Crippen LogP contribution is 2.22.